The molecule has 0 aromatic carbocycles. The maximum atomic E-state index is 12.1. The fourth-order valence-corrected chi connectivity index (χ4v) is 2.51. The van der Waals surface area contributed by atoms with Crippen molar-refractivity contribution >= 4 is 11.9 Å². The molecular formula is C16H27N3O3. The molecule has 0 aliphatic rings. The summed E-state index contributed by atoms with van der Waals surface area (Å²) in [6.45, 7) is 7.94. The van der Waals surface area contributed by atoms with Crippen molar-refractivity contribution in [3.63, 3.8) is 0 Å². The van der Waals surface area contributed by atoms with Gasteiger partial charge in [-0.1, -0.05) is 13.8 Å². The van der Waals surface area contributed by atoms with Crippen molar-refractivity contribution < 1.29 is 14.3 Å². The summed E-state index contributed by atoms with van der Waals surface area (Å²) in [5, 5.41) is 7.12. The predicted octanol–water partition coefficient (Wildman–Crippen LogP) is 1.67. The Labute approximate surface area is 132 Å². The molecule has 0 saturated heterocycles. The van der Waals surface area contributed by atoms with Gasteiger partial charge in [0.1, 0.15) is 6.04 Å². The van der Waals surface area contributed by atoms with E-state index in [1.54, 1.807) is 0 Å². The molecule has 1 N–H and O–H groups in total. The Kier molecular flexibility index (Phi) is 6.59. The van der Waals surface area contributed by atoms with E-state index < -0.39 is 12.0 Å². The van der Waals surface area contributed by atoms with Crippen LogP contribution in [0.15, 0.2) is 0 Å². The largest absolute Gasteiger partial charge is 0.467 e. The Balaban J connectivity index is 2.62. The molecule has 1 heterocycles. The van der Waals surface area contributed by atoms with Crippen molar-refractivity contribution in [2.75, 3.05) is 7.11 Å². The summed E-state index contributed by atoms with van der Waals surface area (Å²) < 4.78 is 6.57. The molecule has 6 heteroatoms. The van der Waals surface area contributed by atoms with Gasteiger partial charge in [-0.15, -0.1) is 0 Å². The SMILES string of the molecule is COC(=O)[C@H](CC(C)C)NC(=O)CCc1c(C)nn(C)c1C. The van der Waals surface area contributed by atoms with Crippen LogP contribution in [-0.2, 0) is 27.8 Å². The number of ether oxygens (including phenoxy) is 1. The minimum Gasteiger partial charge on any atom is -0.467 e. The van der Waals surface area contributed by atoms with E-state index >= 15 is 0 Å². The van der Waals surface area contributed by atoms with Crippen LogP contribution >= 0.6 is 0 Å². The number of hydrogen-bond donors (Lipinski definition) is 1. The number of amides is 1. The Morgan fingerprint density at radius 2 is 1.95 bits per heavy atom. The number of rotatable bonds is 7. The zero-order valence-electron chi connectivity index (χ0n) is 14.4. The van der Waals surface area contributed by atoms with E-state index in [1.807, 2.05) is 39.4 Å². The monoisotopic (exact) mass is 309 g/mol. The average Bonchev–Trinajstić information content (AvgIpc) is 2.68. The minimum absolute atomic E-state index is 0.140. The lowest BCUT2D eigenvalue weighted by molar-refractivity contribution is -0.145. The molecule has 0 bridgehead atoms. The second kappa shape index (κ2) is 7.96. The highest BCUT2D eigenvalue weighted by Crippen LogP contribution is 2.14. The molecule has 0 aliphatic carbocycles. The molecular weight excluding hydrogens is 282 g/mol. The van der Waals surface area contributed by atoms with Crippen molar-refractivity contribution in [3.05, 3.63) is 17.0 Å². The van der Waals surface area contributed by atoms with E-state index in [2.05, 4.69) is 10.4 Å². The molecule has 0 aliphatic heterocycles. The lowest BCUT2D eigenvalue weighted by atomic mass is 10.0. The third-order valence-electron chi connectivity index (χ3n) is 3.79. The number of carbonyl (C=O) groups is 2. The molecule has 0 saturated carbocycles. The topological polar surface area (TPSA) is 73.2 Å². The molecule has 1 aromatic rings. The summed E-state index contributed by atoms with van der Waals surface area (Å²) in [7, 11) is 3.23. The van der Waals surface area contributed by atoms with Crippen LogP contribution in [0.3, 0.4) is 0 Å². The third-order valence-corrected chi connectivity index (χ3v) is 3.79. The van der Waals surface area contributed by atoms with Gasteiger partial charge in [-0.25, -0.2) is 4.79 Å². The molecule has 1 rings (SSSR count). The van der Waals surface area contributed by atoms with Gasteiger partial charge < -0.3 is 10.1 Å². The van der Waals surface area contributed by atoms with Crippen LogP contribution in [-0.4, -0.2) is 34.8 Å². The van der Waals surface area contributed by atoms with Crippen molar-refractivity contribution in [3.8, 4) is 0 Å². The summed E-state index contributed by atoms with van der Waals surface area (Å²) in [6, 6.07) is -0.575. The van der Waals surface area contributed by atoms with Crippen molar-refractivity contribution in [2.24, 2.45) is 13.0 Å². The number of nitrogens with zero attached hydrogens (tertiary/aromatic N) is 2. The quantitative estimate of drug-likeness (QED) is 0.778. The van der Waals surface area contributed by atoms with Crippen LogP contribution < -0.4 is 5.32 Å². The van der Waals surface area contributed by atoms with Gasteiger partial charge in [0.05, 0.1) is 12.8 Å². The van der Waals surface area contributed by atoms with Crippen LogP contribution in [0.2, 0.25) is 0 Å². The van der Waals surface area contributed by atoms with Crippen molar-refractivity contribution in [1.29, 1.82) is 0 Å². The molecule has 22 heavy (non-hydrogen) atoms. The Bertz CT molecular complexity index is 535. The van der Waals surface area contributed by atoms with E-state index in [0.29, 0.717) is 25.2 Å². The zero-order chi connectivity index (χ0) is 16.9. The van der Waals surface area contributed by atoms with Gasteiger partial charge in [-0.05, 0) is 38.2 Å². The first kappa shape index (κ1) is 18.2. The van der Waals surface area contributed by atoms with E-state index in [-0.39, 0.29) is 5.91 Å². The number of aryl methyl sites for hydroxylation is 2. The molecule has 1 amide bonds. The molecule has 124 valence electrons. The highest BCUT2D eigenvalue weighted by atomic mass is 16.5. The van der Waals surface area contributed by atoms with Gasteiger partial charge in [-0.3, -0.25) is 9.48 Å². The van der Waals surface area contributed by atoms with Crippen LogP contribution in [0.1, 0.15) is 43.6 Å². The third kappa shape index (κ3) is 4.86. The fraction of sp³-hybridized carbons (Fsp3) is 0.688. The Morgan fingerprint density at radius 3 is 2.41 bits per heavy atom. The first-order chi connectivity index (χ1) is 10.3. The van der Waals surface area contributed by atoms with Gasteiger partial charge in [0.15, 0.2) is 0 Å². The number of aromatic nitrogens is 2. The highest BCUT2D eigenvalue weighted by Gasteiger charge is 2.22. The molecule has 0 fully saturated rings. The normalized spacial score (nSPS) is 12.3. The molecule has 0 radical (unpaired) electrons. The van der Waals surface area contributed by atoms with Gasteiger partial charge in [0.25, 0.3) is 0 Å². The molecule has 6 nitrogen and oxygen atoms in total. The van der Waals surface area contributed by atoms with Crippen LogP contribution in [0.5, 0.6) is 0 Å². The van der Waals surface area contributed by atoms with Crippen LogP contribution in [0.4, 0.5) is 0 Å². The van der Waals surface area contributed by atoms with Gasteiger partial charge in [0.2, 0.25) is 5.91 Å². The van der Waals surface area contributed by atoms with Gasteiger partial charge >= 0.3 is 5.97 Å². The molecule has 1 atom stereocenters. The van der Waals surface area contributed by atoms with Crippen molar-refractivity contribution in [1.82, 2.24) is 15.1 Å². The first-order valence-electron chi connectivity index (χ1n) is 7.62. The lowest BCUT2D eigenvalue weighted by Gasteiger charge is -2.18. The maximum absolute atomic E-state index is 12.1. The first-order valence-corrected chi connectivity index (χ1v) is 7.62. The summed E-state index contributed by atoms with van der Waals surface area (Å²) in [4.78, 5) is 23.8. The minimum atomic E-state index is -0.575. The van der Waals surface area contributed by atoms with Crippen LogP contribution in [0, 0.1) is 19.8 Å². The molecule has 0 spiro atoms. The zero-order valence-corrected chi connectivity index (χ0v) is 14.4. The smallest absolute Gasteiger partial charge is 0.328 e. The predicted molar refractivity (Wildman–Crippen MR) is 84.4 cm³/mol. The maximum Gasteiger partial charge on any atom is 0.328 e. The van der Waals surface area contributed by atoms with Crippen LogP contribution in [0.25, 0.3) is 0 Å². The standard InChI is InChI=1S/C16H27N3O3/c1-10(2)9-14(16(21)22-6)17-15(20)8-7-13-11(3)18-19(5)12(13)4/h10,14H,7-9H2,1-6H3,(H,17,20)/t14-/m0/s1. The summed E-state index contributed by atoms with van der Waals surface area (Å²) in [5.74, 6) is -0.235. The number of esters is 1. The average molecular weight is 309 g/mol. The number of carbonyl (C=O) groups excluding carboxylic acids is 2. The lowest BCUT2D eigenvalue weighted by Crippen LogP contribution is -2.42. The summed E-state index contributed by atoms with van der Waals surface area (Å²) in [5.41, 5.74) is 3.10. The number of nitrogens with one attached hydrogen (secondary N) is 1. The van der Waals surface area contributed by atoms with E-state index in [9.17, 15) is 9.59 Å². The second-order valence-electron chi connectivity index (χ2n) is 6.05. The fourth-order valence-electron chi connectivity index (χ4n) is 2.51. The van der Waals surface area contributed by atoms with E-state index in [0.717, 1.165) is 17.0 Å². The highest BCUT2D eigenvalue weighted by molar-refractivity contribution is 5.84. The second-order valence-corrected chi connectivity index (χ2v) is 6.05. The van der Waals surface area contributed by atoms with E-state index in [1.165, 1.54) is 7.11 Å². The Morgan fingerprint density at radius 1 is 1.32 bits per heavy atom. The number of methoxy groups -OCH3 is 1. The van der Waals surface area contributed by atoms with Crippen molar-refractivity contribution in [2.45, 2.75) is 53.0 Å². The molecule has 0 unspecified atom stereocenters. The Hall–Kier alpha value is -1.85. The molecule has 1 aromatic heterocycles. The van der Waals surface area contributed by atoms with Gasteiger partial charge in [-0.2, -0.15) is 5.10 Å². The summed E-state index contributed by atoms with van der Waals surface area (Å²) >= 11 is 0. The summed E-state index contributed by atoms with van der Waals surface area (Å²) in [6.07, 6.45) is 1.52. The van der Waals surface area contributed by atoms with E-state index in [4.69, 9.17) is 4.74 Å². The van der Waals surface area contributed by atoms with Gasteiger partial charge in [0, 0.05) is 19.2 Å². The number of hydrogen-bond acceptors (Lipinski definition) is 4.